The first-order valence-corrected chi connectivity index (χ1v) is 4.75. The SMILES string of the molecule is NC(=O)c1ccn(Cc2ccccc2)c1. The fourth-order valence-electron chi connectivity index (χ4n) is 1.48. The summed E-state index contributed by atoms with van der Waals surface area (Å²) in [4.78, 5) is 10.9. The van der Waals surface area contributed by atoms with E-state index in [1.165, 1.54) is 5.56 Å². The minimum Gasteiger partial charge on any atom is -0.366 e. The van der Waals surface area contributed by atoms with Gasteiger partial charge < -0.3 is 10.3 Å². The lowest BCUT2D eigenvalue weighted by Gasteiger charge is -2.01. The molecule has 3 heteroatoms. The third-order valence-corrected chi connectivity index (χ3v) is 2.24. The van der Waals surface area contributed by atoms with Crippen LogP contribution < -0.4 is 5.73 Å². The standard InChI is InChI=1S/C12H12N2O/c13-12(15)11-6-7-14(9-11)8-10-4-2-1-3-5-10/h1-7,9H,8H2,(H2,13,15). The van der Waals surface area contributed by atoms with Gasteiger partial charge in [-0.25, -0.2) is 0 Å². The summed E-state index contributed by atoms with van der Waals surface area (Å²) in [6, 6.07) is 11.8. The summed E-state index contributed by atoms with van der Waals surface area (Å²) in [7, 11) is 0. The van der Waals surface area contributed by atoms with Crippen molar-refractivity contribution in [3.8, 4) is 0 Å². The summed E-state index contributed by atoms with van der Waals surface area (Å²) in [5.41, 5.74) is 6.91. The number of benzene rings is 1. The Hall–Kier alpha value is -2.03. The number of aromatic nitrogens is 1. The molecule has 0 atom stereocenters. The molecule has 0 aliphatic rings. The number of nitrogens with two attached hydrogens (primary N) is 1. The Balaban J connectivity index is 2.15. The maximum atomic E-state index is 10.9. The number of nitrogens with zero attached hydrogens (tertiary/aromatic N) is 1. The summed E-state index contributed by atoms with van der Waals surface area (Å²) in [5, 5.41) is 0. The highest BCUT2D eigenvalue weighted by Crippen LogP contribution is 2.05. The van der Waals surface area contributed by atoms with Gasteiger partial charge in [0.2, 0.25) is 5.91 Å². The van der Waals surface area contributed by atoms with Crippen molar-refractivity contribution in [2.75, 3.05) is 0 Å². The van der Waals surface area contributed by atoms with E-state index < -0.39 is 0 Å². The molecule has 1 aromatic carbocycles. The van der Waals surface area contributed by atoms with Gasteiger partial charge in [0.25, 0.3) is 0 Å². The van der Waals surface area contributed by atoms with E-state index in [1.807, 2.05) is 41.1 Å². The van der Waals surface area contributed by atoms with Crippen LogP contribution in [-0.2, 0) is 6.54 Å². The lowest BCUT2D eigenvalue weighted by molar-refractivity contribution is 0.100. The zero-order valence-electron chi connectivity index (χ0n) is 8.26. The zero-order chi connectivity index (χ0) is 10.7. The van der Waals surface area contributed by atoms with Crippen molar-refractivity contribution in [2.24, 2.45) is 5.73 Å². The Morgan fingerprint density at radius 2 is 1.93 bits per heavy atom. The third-order valence-electron chi connectivity index (χ3n) is 2.24. The molecule has 76 valence electrons. The van der Waals surface area contributed by atoms with Crippen LogP contribution in [0.4, 0.5) is 0 Å². The van der Waals surface area contributed by atoms with Crippen molar-refractivity contribution < 1.29 is 4.79 Å². The summed E-state index contributed by atoms with van der Waals surface area (Å²) in [5.74, 6) is -0.387. The first-order chi connectivity index (χ1) is 7.25. The smallest absolute Gasteiger partial charge is 0.250 e. The first kappa shape index (κ1) is 9.52. The van der Waals surface area contributed by atoms with Gasteiger partial charge in [0.05, 0.1) is 5.56 Å². The van der Waals surface area contributed by atoms with E-state index in [9.17, 15) is 4.79 Å². The van der Waals surface area contributed by atoms with Gasteiger partial charge in [0.15, 0.2) is 0 Å². The van der Waals surface area contributed by atoms with E-state index in [2.05, 4.69) is 0 Å². The predicted octanol–water partition coefficient (Wildman–Crippen LogP) is 1.64. The van der Waals surface area contributed by atoms with E-state index >= 15 is 0 Å². The minimum absolute atomic E-state index is 0.387. The summed E-state index contributed by atoms with van der Waals surface area (Å²) in [6.07, 6.45) is 3.61. The van der Waals surface area contributed by atoms with Crippen molar-refractivity contribution in [2.45, 2.75) is 6.54 Å². The summed E-state index contributed by atoms with van der Waals surface area (Å²) in [6.45, 7) is 0.758. The van der Waals surface area contributed by atoms with E-state index in [4.69, 9.17) is 5.73 Å². The van der Waals surface area contributed by atoms with Crippen molar-refractivity contribution >= 4 is 5.91 Å². The Kier molecular flexibility index (Phi) is 2.54. The Labute approximate surface area is 88.1 Å². The van der Waals surface area contributed by atoms with Crippen molar-refractivity contribution in [1.82, 2.24) is 4.57 Å². The number of hydrogen-bond donors (Lipinski definition) is 1. The second-order valence-electron chi connectivity index (χ2n) is 3.42. The van der Waals surface area contributed by atoms with Crippen LogP contribution in [-0.4, -0.2) is 10.5 Å². The maximum Gasteiger partial charge on any atom is 0.250 e. The summed E-state index contributed by atoms with van der Waals surface area (Å²) < 4.78 is 1.94. The van der Waals surface area contributed by atoms with Crippen LogP contribution in [0.1, 0.15) is 15.9 Å². The molecule has 0 saturated heterocycles. The highest BCUT2D eigenvalue weighted by Gasteiger charge is 2.02. The van der Waals surface area contributed by atoms with E-state index in [0.29, 0.717) is 5.56 Å². The van der Waals surface area contributed by atoms with E-state index in [-0.39, 0.29) is 5.91 Å². The zero-order valence-corrected chi connectivity index (χ0v) is 8.26. The van der Waals surface area contributed by atoms with Crippen LogP contribution in [0.5, 0.6) is 0 Å². The molecular formula is C12H12N2O. The van der Waals surface area contributed by atoms with Crippen molar-refractivity contribution in [3.05, 3.63) is 59.9 Å². The molecule has 0 aliphatic carbocycles. The molecule has 2 N–H and O–H groups in total. The molecule has 3 nitrogen and oxygen atoms in total. The molecule has 15 heavy (non-hydrogen) atoms. The fraction of sp³-hybridized carbons (Fsp3) is 0.0833. The Morgan fingerprint density at radius 1 is 1.20 bits per heavy atom. The molecular weight excluding hydrogens is 188 g/mol. The van der Waals surface area contributed by atoms with Crippen LogP contribution in [0.2, 0.25) is 0 Å². The van der Waals surface area contributed by atoms with Gasteiger partial charge in [0, 0.05) is 18.9 Å². The number of primary amides is 1. The lowest BCUT2D eigenvalue weighted by atomic mass is 10.2. The van der Waals surface area contributed by atoms with Crippen molar-refractivity contribution in [3.63, 3.8) is 0 Å². The van der Waals surface area contributed by atoms with Crippen LogP contribution in [0.3, 0.4) is 0 Å². The number of carbonyl (C=O) groups is 1. The number of rotatable bonds is 3. The molecule has 0 radical (unpaired) electrons. The van der Waals surface area contributed by atoms with Gasteiger partial charge in [-0.1, -0.05) is 30.3 Å². The van der Waals surface area contributed by atoms with Gasteiger partial charge in [-0.15, -0.1) is 0 Å². The van der Waals surface area contributed by atoms with E-state index in [0.717, 1.165) is 6.54 Å². The van der Waals surface area contributed by atoms with E-state index in [1.54, 1.807) is 12.3 Å². The van der Waals surface area contributed by atoms with Crippen LogP contribution in [0.25, 0.3) is 0 Å². The predicted molar refractivity (Wildman–Crippen MR) is 58.5 cm³/mol. The first-order valence-electron chi connectivity index (χ1n) is 4.75. The minimum atomic E-state index is -0.387. The van der Waals surface area contributed by atoms with Crippen LogP contribution >= 0.6 is 0 Å². The van der Waals surface area contributed by atoms with Gasteiger partial charge in [-0.2, -0.15) is 0 Å². The molecule has 2 rings (SSSR count). The van der Waals surface area contributed by atoms with Gasteiger partial charge in [0.1, 0.15) is 0 Å². The third kappa shape index (κ3) is 2.26. The van der Waals surface area contributed by atoms with Gasteiger partial charge >= 0.3 is 0 Å². The second-order valence-corrected chi connectivity index (χ2v) is 3.42. The number of amides is 1. The van der Waals surface area contributed by atoms with Crippen molar-refractivity contribution in [1.29, 1.82) is 0 Å². The van der Waals surface area contributed by atoms with Crippen LogP contribution in [0, 0.1) is 0 Å². The second kappa shape index (κ2) is 4.00. The molecule has 0 unspecified atom stereocenters. The maximum absolute atomic E-state index is 10.9. The molecule has 0 bridgehead atoms. The fourth-order valence-corrected chi connectivity index (χ4v) is 1.48. The molecule has 0 aliphatic heterocycles. The van der Waals surface area contributed by atoms with Gasteiger partial charge in [-0.3, -0.25) is 4.79 Å². The van der Waals surface area contributed by atoms with Gasteiger partial charge in [-0.05, 0) is 11.6 Å². The molecule has 0 saturated carbocycles. The molecule has 0 fully saturated rings. The quantitative estimate of drug-likeness (QED) is 0.804. The monoisotopic (exact) mass is 200 g/mol. The Morgan fingerprint density at radius 3 is 2.53 bits per heavy atom. The molecule has 1 amide bonds. The Bertz CT molecular complexity index is 459. The average molecular weight is 200 g/mol. The lowest BCUT2D eigenvalue weighted by Crippen LogP contribution is -2.09. The molecule has 2 aromatic rings. The molecule has 0 spiro atoms. The normalized spacial score (nSPS) is 10.1. The topological polar surface area (TPSA) is 48.0 Å². The average Bonchev–Trinajstić information content (AvgIpc) is 2.68. The number of carbonyl (C=O) groups excluding carboxylic acids is 1. The summed E-state index contributed by atoms with van der Waals surface area (Å²) >= 11 is 0. The number of hydrogen-bond acceptors (Lipinski definition) is 1. The highest BCUT2D eigenvalue weighted by molar-refractivity contribution is 5.92. The molecule has 1 heterocycles. The van der Waals surface area contributed by atoms with Crippen LogP contribution in [0.15, 0.2) is 48.8 Å². The highest BCUT2D eigenvalue weighted by atomic mass is 16.1. The largest absolute Gasteiger partial charge is 0.366 e. The molecule has 1 aromatic heterocycles.